The summed E-state index contributed by atoms with van der Waals surface area (Å²) in [5.41, 5.74) is 0. The Kier molecular flexibility index (Phi) is 17.6. The Morgan fingerprint density at radius 1 is 0.667 bits per heavy atom. The molecule has 5 aliphatic heterocycles. The third-order valence-corrected chi connectivity index (χ3v) is 11.6. The van der Waals surface area contributed by atoms with E-state index >= 15 is 0 Å². The minimum Gasteiger partial charge on any atom is -0.477 e. The van der Waals surface area contributed by atoms with Crippen LogP contribution in [0.15, 0.2) is 0 Å². The number of aliphatic hydroxyl groups is 15. The maximum Gasteiger partial charge on any atom is 0.364 e. The lowest BCUT2D eigenvalue weighted by Crippen LogP contribution is -2.69. The fourth-order valence-corrected chi connectivity index (χ4v) is 7.84. The standard InChI is InChI=1S/C35H59NO27/c1-8-16(41)22(47)25(50)31(56-8)59-12-4-35(34(53)54,63-28(20(12)45)18(43)11(40)5-37)55-7-14-21(46)27(15(30(52)58-14)36-10(3)39)61-33-29(24(49)19(44)13(6-38)60-33)62-32-26(51)23(48)17(42)9(2)57-32/h8-9,11-33,37-38,40-52H,4-7H2,1-3H3,(H,36,39)(H,53,54)/t8-,9-,11+,12-,13+,14+,15+,16+,17+,18+,19-,20+,21-,22+,23+,24-,25-,26-,27+,28-,29+,30-,31-,32-,33-,35+/m0/s1. The summed E-state index contributed by atoms with van der Waals surface area (Å²) >= 11 is 0. The SMILES string of the molecule is CC(=O)N[C@@H]1[C@@H](O[C@@H]2O[C@H](CO)[C@H](O)[C@H](O)[C@H]2O[C@@H]2O[C@@H](C)[C@@H](O)[C@@H](O)[C@@H]2O)[C@@H](O)[C@@H](CO[C@]2(C(=O)O)C[C@H](O[C@@H]3O[C@@H](C)[C@@H](O)[C@@H](O)[C@@H]3O)[C@@H](O)[C@H]([C@H](O)[C@H](O)CO)O2)O[C@@H]1O. The Hall–Kier alpha value is -2.02. The highest BCUT2D eigenvalue weighted by Crippen LogP contribution is 2.38. The third kappa shape index (κ3) is 10.9. The summed E-state index contributed by atoms with van der Waals surface area (Å²) in [5, 5.41) is 171. The number of aliphatic hydroxyl groups excluding tert-OH is 15. The molecule has 0 aliphatic carbocycles. The Balaban J connectivity index is 1.43. The molecule has 366 valence electrons. The molecule has 0 radical (unpaired) electrons. The zero-order valence-corrected chi connectivity index (χ0v) is 33.9. The van der Waals surface area contributed by atoms with Crippen LogP contribution in [0.1, 0.15) is 27.2 Å². The van der Waals surface area contributed by atoms with Crippen molar-refractivity contribution in [3.05, 3.63) is 0 Å². The van der Waals surface area contributed by atoms with Gasteiger partial charge >= 0.3 is 5.97 Å². The van der Waals surface area contributed by atoms with Gasteiger partial charge in [-0.05, 0) is 13.8 Å². The molecule has 26 atom stereocenters. The van der Waals surface area contributed by atoms with Gasteiger partial charge in [0, 0.05) is 13.3 Å². The average molecular weight is 926 g/mol. The van der Waals surface area contributed by atoms with Crippen LogP contribution in [0.4, 0.5) is 0 Å². The second-order valence-corrected chi connectivity index (χ2v) is 16.1. The number of rotatable bonds is 15. The fourth-order valence-electron chi connectivity index (χ4n) is 7.84. The van der Waals surface area contributed by atoms with Gasteiger partial charge in [-0.1, -0.05) is 0 Å². The van der Waals surface area contributed by atoms with Gasteiger partial charge in [-0.15, -0.1) is 0 Å². The molecule has 28 nitrogen and oxygen atoms in total. The van der Waals surface area contributed by atoms with E-state index in [9.17, 15) is 91.3 Å². The molecule has 0 unspecified atom stereocenters. The predicted octanol–water partition coefficient (Wildman–Crippen LogP) is -10.5. The molecule has 63 heavy (non-hydrogen) atoms. The number of ether oxygens (including phenoxy) is 9. The molecule has 0 bridgehead atoms. The molecule has 0 spiro atoms. The van der Waals surface area contributed by atoms with Gasteiger partial charge in [0.1, 0.15) is 110 Å². The Bertz CT molecular complexity index is 1500. The number of hydrogen-bond acceptors (Lipinski definition) is 26. The second kappa shape index (κ2) is 21.3. The Labute approximate surface area is 357 Å². The van der Waals surface area contributed by atoms with Crippen LogP contribution >= 0.6 is 0 Å². The maximum atomic E-state index is 13.0. The molecular formula is C35H59NO27. The van der Waals surface area contributed by atoms with E-state index in [1.165, 1.54) is 13.8 Å². The number of aliphatic carboxylic acids is 1. The van der Waals surface area contributed by atoms with Crippen molar-refractivity contribution < 1.29 is 134 Å². The molecule has 5 rings (SSSR count). The number of hydrogen-bond donors (Lipinski definition) is 17. The number of carbonyl (C=O) groups excluding carboxylic acids is 1. The molecule has 0 aromatic rings. The molecule has 5 fully saturated rings. The molecule has 0 aromatic heterocycles. The second-order valence-electron chi connectivity index (χ2n) is 16.1. The first kappa shape index (κ1) is 52.0. The number of carbonyl (C=O) groups is 2. The van der Waals surface area contributed by atoms with E-state index in [2.05, 4.69) is 5.32 Å². The van der Waals surface area contributed by atoms with Gasteiger partial charge in [-0.2, -0.15) is 0 Å². The summed E-state index contributed by atoms with van der Waals surface area (Å²) < 4.78 is 50.5. The van der Waals surface area contributed by atoms with Crippen LogP contribution in [0.3, 0.4) is 0 Å². The van der Waals surface area contributed by atoms with Crippen molar-refractivity contribution in [2.24, 2.45) is 0 Å². The van der Waals surface area contributed by atoms with Gasteiger partial charge in [0.25, 0.3) is 5.79 Å². The number of amides is 1. The van der Waals surface area contributed by atoms with E-state index in [0.29, 0.717) is 0 Å². The molecule has 5 aliphatic rings. The van der Waals surface area contributed by atoms with Crippen LogP contribution in [0.5, 0.6) is 0 Å². The summed E-state index contributed by atoms with van der Waals surface area (Å²) in [4.78, 5) is 25.3. The minimum atomic E-state index is -3.07. The highest BCUT2D eigenvalue weighted by molar-refractivity contribution is 5.76. The zero-order valence-electron chi connectivity index (χ0n) is 33.9. The van der Waals surface area contributed by atoms with E-state index in [-0.39, 0.29) is 0 Å². The van der Waals surface area contributed by atoms with Crippen LogP contribution < -0.4 is 5.32 Å². The first-order valence-electron chi connectivity index (χ1n) is 19.9. The predicted molar refractivity (Wildman–Crippen MR) is 192 cm³/mol. The smallest absolute Gasteiger partial charge is 0.364 e. The van der Waals surface area contributed by atoms with Crippen molar-refractivity contribution in [1.29, 1.82) is 0 Å². The molecule has 28 heteroatoms. The summed E-state index contributed by atoms with van der Waals surface area (Å²) in [6.07, 6.45) is -46.1. The molecule has 0 aromatic carbocycles. The maximum absolute atomic E-state index is 13.0. The van der Waals surface area contributed by atoms with Gasteiger partial charge in [-0.25, -0.2) is 4.79 Å². The largest absolute Gasteiger partial charge is 0.477 e. The van der Waals surface area contributed by atoms with Crippen LogP contribution in [-0.2, 0) is 52.2 Å². The zero-order chi connectivity index (χ0) is 47.0. The first-order valence-corrected chi connectivity index (χ1v) is 19.9. The Morgan fingerprint density at radius 2 is 1.22 bits per heavy atom. The summed E-state index contributed by atoms with van der Waals surface area (Å²) in [5.74, 6) is -5.90. The fraction of sp³-hybridized carbons (Fsp3) is 0.943. The average Bonchev–Trinajstić information content (AvgIpc) is 3.24. The van der Waals surface area contributed by atoms with Gasteiger partial charge in [0.05, 0.1) is 38.1 Å². The van der Waals surface area contributed by atoms with E-state index in [4.69, 9.17) is 42.6 Å². The van der Waals surface area contributed by atoms with Gasteiger partial charge in [0.2, 0.25) is 5.91 Å². The molecule has 1 amide bonds. The monoisotopic (exact) mass is 925 g/mol. The van der Waals surface area contributed by atoms with Crippen LogP contribution in [-0.4, -0.2) is 272 Å². The van der Waals surface area contributed by atoms with Crippen molar-refractivity contribution in [1.82, 2.24) is 5.32 Å². The number of carboxylic acid groups (broad SMARTS) is 1. The lowest BCUT2D eigenvalue weighted by atomic mass is 9.90. The van der Waals surface area contributed by atoms with E-state index < -0.39 is 197 Å². The van der Waals surface area contributed by atoms with Crippen LogP contribution in [0.25, 0.3) is 0 Å². The Morgan fingerprint density at radius 3 is 1.75 bits per heavy atom. The number of carboxylic acids is 1. The molecule has 17 N–H and O–H groups in total. The van der Waals surface area contributed by atoms with Gasteiger partial charge in [0.15, 0.2) is 25.2 Å². The third-order valence-electron chi connectivity index (χ3n) is 11.6. The summed E-state index contributed by atoms with van der Waals surface area (Å²) in [7, 11) is 0. The quantitative estimate of drug-likeness (QED) is 0.0725. The van der Waals surface area contributed by atoms with Crippen molar-refractivity contribution in [3.8, 4) is 0 Å². The molecular weight excluding hydrogens is 866 g/mol. The normalized spacial score (nSPS) is 49.5. The van der Waals surface area contributed by atoms with Gasteiger partial charge in [-0.3, -0.25) is 4.79 Å². The molecule has 0 saturated carbocycles. The lowest BCUT2D eigenvalue weighted by molar-refractivity contribution is -0.383. The lowest BCUT2D eigenvalue weighted by Gasteiger charge is -2.50. The van der Waals surface area contributed by atoms with Crippen LogP contribution in [0, 0.1) is 0 Å². The van der Waals surface area contributed by atoms with Gasteiger partial charge < -0.3 is 130 Å². The van der Waals surface area contributed by atoms with Crippen molar-refractivity contribution in [3.63, 3.8) is 0 Å². The number of nitrogens with one attached hydrogen (secondary N) is 1. The summed E-state index contributed by atoms with van der Waals surface area (Å²) in [6, 6.07) is -1.74. The van der Waals surface area contributed by atoms with E-state index in [1.54, 1.807) is 0 Å². The van der Waals surface area contributed by atoms with E-state index in [0.717, 1.165) is 6.92 Å². The topological polar surface area (TPSA) is 453 Å². The minimum absolute atomic E-state index is 0.831. The van der Waals surface area contributed by atoms with Crippen molar-refractivity contribution >= 4 is 11.9 Å². The van der Waals surface area contributed by atoms with Crippen molar-refractivity contribution in [2.75, 3.05) is 19.8 Å². The van der Waals surface area contributed by atoms with E-state index in [1.807, 2.05) is 0 Å². The molecule has 5 saturated heterocycles. The first-order chi connectivity index (χ1) is 29.5. The summed E-state index contributed by atoms with van der Waals surface area (Å²) in [6.45, 7) is 0.400. The molecule has 5 heterocycles. The highest BCUT2D eigenvalue weighted by atomic mass is 16.8. The van der Waals surface area contributed by atoms with Crippen molar-refractivity contribution in [2.45, 2.75) is 186 Å². The van der Waals surface area contributed by atoms with Crippen LogP contribution in [0.2, 0.25) is 0 Å². The highest BCUT2D eigenvalue weighted by Gasteiger charge is 2.59.